The van der Waals surface area contributed by atoms with Crippen molar-refractivity contribution in [3.05, 3.63) is 12.2 Å². The van der Waals surface area contributed by atoms with Crippen LogP contribution in [0.4, 0.5) is 0 Å². The molecular weight excluding hydrogens is 180 g/mol. The Morgan fingerprint density at radius 2 is 2.43 bits per heavy atom. The van der Waals surface area contributed by atoms with Crippen molar-refractivity contribution in [1.29, 1.82) is 0 Å². The molecule has 0 radical (unpaired) electrons. The van der Waals surface area contributed by atoms with Gasteiger partial charge in [0.05, 0.1) is 12.5 Å². The van der Waals surface area contributed by atoms with Crippen LogP contribution in [-0.4, -0.2) is 18.9 Å². The molecule has 1 saturated carbocycles. The number of hydrogen-bond donors (Lipinski definition) is 0. The maximum atomic E-state index is 11.6. The van der Waals surface area contributed by atoms with Gasteiger partial charge >= 0.3 is 5.97 Å². The van der Waals surface area contributed by atoms with E-state index in [4.69, 9.17) is 4.74 Å². The molecule has 3 heteroatoms. The van der Waals surface area contributed by atoms with Gasteiger partial charge in [-0.1, -0.05) is 6.08 Å². The first-order valence-electron chi connectivity index (χ1n) is 4.97. The smallest absolute Gasteiger partial charge is 0.312 e. The number of esters is 1. The number of methoxy groups -OCH3 is 1. The first-order valence-corrected chi connectivity index (χ1v) is 4.97. The molecule has 2 unspecified atom stereocenters. The fourth-order valence-electron chi connectivity index (χ4n) is 2.58. The van der Waals surface area contributed by atoms with E-state index in [0.717, 1.165) is 12.8 Å². The molecule has 2 bridgehead atoms. The lowest BCUT2D eigenvalue weighted by molar-refractivity contribution is -0.152. The summed E-state index contributed by atoms with van der Waals surface area (Å²) < 4.78 is 4.82. The molecule has 0 amide bonds. The number of ether oxygens (including phenoxy) is 1. The van der Waals surface area contributed by atoms with Gasteiger partial charge in [-0.3, -0.25) is 9.59 Å². The van der Waals surface area contributed by atoms with Crippen molar-refractivity contribution in [2.24, 2.45) is 11.3 Å². The molecule has 2 atom stereocenters. The highest BCUT2D eigenvalue weighted by Crippen LogP contribution is 2.47. The summed E-state index contributed by atoms with van der Waals surface area (Å²) in [5.74, 6) is 0.0699. The summed E-state index contributed by atoms with van der Waals surface area (Å²) in [7, 11) is 1.42. The van der Waals surface area contributed by atoms with Gasteiger partial charge < -0.3 is 4.74 Å². The highest BCUT2D eigenvalue weighted by atomic mass is 16.5. The van der Waals surface area contributed by atoms with Gasteiger partial charge in [0, 0.05) is 5.92 Å². The minimum Gasteiger partial charge on any atom is -0.469 e. The van der Waals surface area contributed by atoms with E-state index < -0.39 is 5.41 Å². The predicted octanol–water partition coefficient (Wildman–Crippen LogP) is 1.47. The number of carbonyl (C=O) groups is 2. The van der Waals surface area contributed by atoms with Crippen molar-refractivity contribution >= 4 is 11.8 Å². The van der Waals surface area contributed by atoms with E-state index >= 15 is 0 Å². The number of hydrogen-bond acceptors (Lipinski definition) is 3. The van der Waals surface area contributed by atoms with Gasteiger partial charge in [-0.05, 0) is 31.8 Å². The van der Waals surface area contributed by atoms with E-state index in [-0.39, 0.29) is 17.7 Å². The predicted molar refractivity (Wildman–Crippen MR) is 50.6 cm³/mol. The second kappa shape index (κ2) is 3.23. The number of allylic oxidation sites excluding steroid dienone is 2. The molecule has 76 valence electrons. The molecule has 0 saturated heterocycles. The monoisotopic (exact) mass is 194 g/mol. The van der Waals surface area contributed by atoms with Crippen molar-refractivity contribution in [1.82, 2.24) is 0 Å². The van der Waals surface area contributed by atoms with E-state index in [9.17, 15) is 9.59 Å². The van der Waals surface area contributed by atoms with Crippen molar-refractivity contribution < 1.29 is 14.3 Å². The van der Waals surface area contributed by atoms with Crippen LogP contribution in [0.1, 0.15) is 25.7 Å². The van der Waals surface area contributed by atoms with Crippen LogP contribution in [0.15, 0.2) is 12.2 Å². The quantitative estimate of drug-likeness (QED) is 0.594. The summed E-state index contributed by atoms with van der Waals surface area (Å²) >= 11 is 0. The standard InChI is InChI=1S/C11H14O3/c1-14-10(13)11-5-2-3-9(12)8(7-11)4-6-11/h2-3,8H,4-7H2,1H3. The second-order valence-corrected chi connectivity index (χ2v) is 4.22. The summed E-state index contributed by atoms with van der Waals surface area (Å²) in [6, 6.07) is 0. The molecule has 14 heavy (non-hydrogen) atoms. The Labute approximate surface area is 83.1 Å². The van der Waals surface area contributed by atoms with Gasteiger partial charge in [0.2, 0.25) is 0 Å². The van der Waals surface area contributed by atoms with Gasteiger partial charge in [-0.15, -0.1) is 0 Å². The molecule has 0 spiro atoms. The lowest BCUT2D eigenvalue weighted by Crippen LogP contribution is -2.29. The van der Waals surface area contributed by atoms with E-state index in [1.54, 1.807) is 6.08 Å². The van der Waals surface area contributed by atoms with Crippen molar-refractivity contribution in [3.8, 4) is 0 Å². The molecule has 2 aliphatic rings. The second-order valence-electron chi connectivity index (χ2n) is 4.22. The fourth-order valence-corrected chi connectivity index (χ4v) is 2.58. The van der Waals surface area contributed by atoms with Crippen molar-refractivity contribution in [2.45, 2.75) is 25.7 Å². The Balaban J connectivity index is 2.27. The Bertz CT molecular complexity index is 306. The van der Waals surface area contributed by atoms with Crippen LogP contribution < -0.4 is 0 Å². The number of ketones is 1. The summed E-state index contributed by atoms with van der Waals surface area (Å²) in [5.41, 5.74) is -0.401. The summed E-state index contributed by atoms with van der Waals surface area (Å²) in [6.07, 6.45) is 6.39. The summed E-state index contributed by atoms with van der Waals surface area (Å²) in [6.45, 7) is 0. The maximum absolute atomic E-state index is 11.6. The molecule has 2 rings (SSSR count). The first-order chi connectivity index (χ1) is 6.68. The van der Waals surface area contributed by atoms with Gasteiger partial charge in [0.25, 0.3) is 0 Å². The zero-order valence-electron chi connectivity index (χ0n) is 8.29. The molecule has 0 heterocycles. The molecule has 0 aromatic carbocycles. The molecular formula is C11H14O3. The molecule has 2 aliphatic carbocycles. The highest BCUT2D eigenvalue weighted by molar-refractivity contribution is 5.94. The summed E-state index contributed by atoms with van der Waals surface area (Å²) in [4.78, 5) is 23.1. The third kappa shape index (κ3) is 1.27. The van der Waals surface area contributed by atoms with Gasteiger partial charge in [-0.2, -0.15) is 0 Å². The van der Waals surface area contributed by atoms with Gasteiger partial charge in [0.15, 0.2) is 5.78 Å². The zero-order chi connectivity index (χ0) is 10.2. The average Bonchev–Trinajstić information content (AvgIpc) is 2.54. The first kappa shape index (κ1) is 9.44. The summed E-state index contributed by atoms with van der Waals surface area (Å²) in [5, 5.41) is 0. The highest BCUT2D eigenvalue weighted by Gasteiger charge is 2.48. The Hall–Kier alpha value is -1.12. The van der Waals surface area contributed by atoms with Crippen LogP contribution in [0, 0.1) is 11.3 Å². The van der Waals surface area contributed by atoms with Crippen LogP contribution in [0.5, 0.6) is 0 Å². The number of rotatable bonds is 1. The van der Waals surface area contributed by atoms with Gasteiger partial charge in [-0.25, -0.2) is 0 Å². The van der Waals surface area contributed by atoms with Crippen LogP contribution in [0.25, 0.3) is 0 Å². The number of fused-ring (bicyclic) bond motifs is 2. The van der Waals surface area contributed by atoms with E-state index in [1.165, 1.54) is 7.11 Å². The third-order valence-electron chi connectivity index (χ3n) is 3.42. The SMILES string of the molecule is COC(=O)C12CC=CC(=O)C(CC1)C2. The normalized spacial score (nSPS) is 35.5. The van der Waals surface area contributed by atoms with E-state index in [1.807, 2.05) is 6.08 Å². The topological polar surface area (TPSA) is 43.4 Å². The third-order valence-corrected chi connectivity index (χ3v) is 3.42. The lowest BCUT2D eigenvalue weighted by Gasteiger charge is -2.23. The van der Waals surface area contributed by atoms with Crippen LogP contribution in [0.2, 0.25) is 0 Å². The molecule has 0 aromatic heterocycles. The van der Waals surface area contributed by atoms with Gasteiger partial charge in [0.1, 0.15) is 0 Å². The molecule has 1 fully saturated rings. The van der Waals surface area contributed by atoms with E-state index in [0.29, 0.717) is 12.8 Å². The lowest BCUT2D eigenvalue weighted by atomic mass is 9.82. The van der Waals surface area contributed by atoms with Crippen LogP contribution in [0.3, 0.4) is 0 Å². The Morgan fingerprint density at radius 1 is 1.64 bits per heavy atom. The minimum absolute atomic E-state index is 0.0489. The maximum Gasteiger partial charge on any atom is 0.312 e. The minimum atomic E-state index is -0.401. The molecule has 3 nitrogen and oxygen atoms in total. The fraction of sp³-hybridized carbons (Fsp3) is 0.636. The Kier molecular flexibility index (Phi) is 2.17. The largest absolute Gasteiger partial charge is 0.469 e. The zero-order valence-corrected chi connectivity index (χ0v) is 8.29. The average molecular weight is 194 g/mol. The van der Waals surface area contributed by atoms with Crippen LogP contribution >= 0.6 is 0 Å². The van der Waals surface area contributed by atoms with Crippen LogP contribution in [-0.2, 0) is 14.3 Å². The molecule has 0 aromatic rings. The van der Waals surface area contributed by atoms with E-state index in [2.05, 4.69) is 0 Å². The van der Waals surface area contributed by atoms with Crippen molar-refractivity contribution in [2.75, 3.05) is 7.11 Å². The molecule has 0 N–H and O–H groups in total. The number of carbonyl (C=O) groups excluding carboxylic acids is 2. The Morgan fingerprint density at radius 3 is 3.14 bits per heavy atom. The molecule has 0 aliphatic heterocycles. The van der Waals surface area contributed by atoms with Crippen molar-refractivity contribution in [3.63, 3.8) is 0 Å².